The average Bonchev–Trinajstić information content (AvgIpc) is 2.88. The molecule has 0 bridgehead atoms. The minimum Gasteiger partial charge on any atom is -0.294 e. The van der Waals surface area contributed by atoms with E-state index in [1.165, 1.54) is 16.1 Å². The van der Waals surface area contributed by atoms with E-state index in [-0.39, 0.29) is 29.4 Å². The van der Waals surface area contributed by atoms with Crippen molar-refractivity contribution in [2.45, 2.75) is 13.0 Å². The molecule has 0 saturated heterocycles. The number of carbonyl (C=O) groups excluding carboxylic acids is 1. The third kappa shape index (κ3) is 4.21. The molecule has 2 aromatic carbocycles. The number of aromatic nitrogens is 2. The van der Waals surface area contributed by atoms with Gasteiger partial charge < -0.3 is 0 Å². The molecule has 3 aromatic rings. The maximum atomic E-state index is 13.2. The van der Waals surface area contributed by atoms with Crippen molar-refractivity contribution in [3.05, 3.63) is 86.5 Å². The standard InChI is InChI=1S/C17H11F3N2O2S/c18-12-3-1-10(2-4-12)9-22-17(24)21-16(25-22)8-15(23)11-5-13(19)7-14(20)6-11/h1-7H,8-9H2. The van der Waals surface area contributed by atoms with Crippen LogP contribution >= 0.6 is 11.5 Å². The molecule has 128 valence electrons. The van der Waals surface area contributed by atoms with Crippen LogP contribution in [0.5, 0.6) is 0 Å². The number of hydrogen-bond donors (Lipinski definition) is 0. The van der Waals surface area contributed by atoms with Crippen molar-refractivity contribution in [3.8, 4) is 0 Å². The van der Waals surface area contributed by atoms with Crippen LogP contribution < -0.4 is 5.69 Å². The predicted molar refractivity (Wildman–Crippen MR) is 86.3 cm³/mol. The number of hydrogen-bond acceptors (Lipinski definition) is 4. The van der Waals surface area contributed by atoms with Crippen LogP contribution in [0.1, 0.15) is 20.9 Å². The molecule has 0 aliphatic carbocycles. The van der Waals surface area contributed by atoms with Crippen molar-refractivity contribution in [2.75, 3.05) is 0 Å². The molecular formula is C17H11F3N2O2S. The van der Waals surface area contributed by atoms with Crippen molar-refractivity contribution < 1.29 is 18.0 Å². The summed E-state index contributed by atoms with van der Waals surface area (Å²) in [5, 5.41) is 0.238. The van der Waals surface area contributed by atoms with Gasteiger partial charge in [0.1, 0.15) is 22.5 Å². The van der Waals surface area contributed by atoms with Gasteiger partial charge in [-0.1, -0.05) is 12.1 Å². The summed E-state index contributed by atoms with van der Waals surface area (Å²) in [4.78, 5) is 27.8. The second-order valence-corrected chi connectivity index (χ2v) is 6.40. The highest BCUT2D eigenvalue weighted by molar-refractivity contribution is 7.06. The Kier molecular flexibility index (Phi) is 4.80. The molecule has 0 amide bonds. The van der Waals surface area contributed by atoms with Crippen molar-refractivity contribution in [2.24, 2.45) is 0 Å². The Morgan fingerprint density at radius 2 is 1.64 bits per heavy atom. The smallest absolute Gasteiger partial charge is 0.294 e. The van der Waals surface area contributed by atoms with Gasteiger partial charge in [-0.25, -0.2) is 21.9 Å². The van der Waals surface area contributed by atoms with Crippen molar-refractivity contribution in [3.63, 3.8) is 0 Å². The van der Waals surface area contributed by atoms with Crippen LogP contribution in [0.2, 0.25) is 0 Å². The van der Waals surface area contributed by atoms with Gasteiger partial charge in [-0.2, -0.15) is 4.98 Å². The topological polar surface area (TPSA) is 52.0 Å². The third-order valence-corrected chi connectivity index (χ3v) is 4.34. The molecule has 0 fully saturated rings. The first kappa shape index (κ1) is 17.1. The summed E-state index contributed by atoms with van der Waals surface area (Å²) in [7, 11) is 0. The zero-order chi connectivity index (χ0) is 18.0. The number of rotatable bonds is 5. The van der Waals surface area contributed by atoms with Crippen LogP contribution in [0.25, 0.3) is 0 Å². The van der Waals surface area contributed by atoms with E-state index in [1.807, 2.05) is 0 Å². The van der Waals surface area contributed by atoms with E-state index in [9.17, 15) is 22.8 Å². The average molecular weight is 364 g/mol. The molecule has 3 rings (SSSR count). The second kappa shape index (κ2) is 7.02. The van der Waals surface area contributed by atoms with Gasteiger partial charge in [0, 0.05) is 11.6 Å². The van der Waals surface area contributed by atoms with Gasteiger partial charge in [0.15, 0.2) is 5.78 Å². The van der Waals surface area contributed by atoms with E-state index < -0.39 is 23.1 Å². The van der Waals surface area contributed by atoms with Crippen molar-refractivity contribution in [1.82, 2.24) is 8.94 Å². The molecule has 0 aliphatic heterocycles. The number of Topliss-reactive ketones (excluding diaryl/α,β-unsaturated/α-hetero) is 1. The Labute approximate surface area is 144 Å². The Balaban J connectivity index is 1.76. The van der Waals surface area contributed by atoms with Crippen molar-refractivity contribution >= 4 is 17.3 Å². The van der Waals surface area contributed by atoms with Gasteiger partial charge in [-0.15, -0.1) is 0 Å². The molecule has 0 radical (unpaired) electrons. The van der Waals surface area contributed by atoms with E-state index >= 15 is 0 Å². The Bertz CT molecular complexity index is 960. The summed E-state index contributed by atoms with van der Waals surface area (Å²) < 4.78 is 40.6. The lowest BCUT2D eigenvalue weighted by atomic mass is 10.1. The first-order valence-electron chi connectivity index (χ1n) is 7.21. The summed E-state index contributed by atoms with van der Waals surface area (Å²) in [6.45, 7) is 0.194. The zero-order valence-electron chi connectivity index (χ0n) is 12.7. The highest BCUT2D eigenvalue weighted by atomic mass is 32.1. The van der Waals surface area contributed by atoms with Gasteiger partial charge in [-0.05, 0) is 41.4 Å². The number of halogens is 3. The molecular weight excluding hydrogens is 353 g/mol. The molecule has 0 unspecified atom stereocenters. The molecule has 0 N–H and O–H groups in total. The van der Waals surface area contributed by atoms with Crippen LogP contribution in [-0.4, -0.2) is 14.7 Å². The van der Waals surface area contributed by atoms with E-state index in [4.69, 9.17) is 0 Å². The minimum atomic E-state index is -0.849. The first-order chi connectivity index (χ1) is 11.9. The fraction of sp³-hybridized carbons (Fsp3) is 0.118. The number of nitrogens with zero attached hydrogens (tertiary/aromatic N) is 2. The summed E-state index contributed by atoms with van der Waals surface area (Å²) in [5.41, 5.74) is 0.0463. The Morgan fingerprint density at radius 1 is 1.00 bits per heavy atom. The lowest BCUT2D eigenvalue weighted by molar-refractivity contribution is 0.0992. The zero-order valence-corrected chi connectivity index (χ0v) is 13.5. The molecule has 8 heteroatoms. The molecule has 1 aromatic heterocycles. The molecule has 0 atom stereocenters. The molecule has 1 heterocycles. The van der Waals surface area contributed by atoms with Crippen LogP contribution in [-0.2, 0) is 13.0 Å². The lowest BCUT2D eigenvalue weighted by Gasteiger charge is -2.01. The van der Waals surface area contributed by atoms with Crippen LogP contribution in [0, 0.1) is 17.5 Å². The fourth-order valence-electron chi connectivity index (χ4n) is 2.23. The Hall–Kier alpha value is -2.74. The van der Waals surface area contributed by atoms with Crippen LogP contribution in [0.15, 0.2) is 47.3 Å². The van der Waals surface area contributed by atoms with Crippen molar-refractivity contribution in [1.29, 1.82) is 0 Å². The third-order valence-electron chi connectivity index (χ3n) is 3.39. The summed E-state index contributed by atoms with van der Waals surface area (Å²) in [5.74, 6) is -2.62. The van der Waals surface area contributed by atoms with Gasteiger partial charge in [-0.3, -0.25) is 4.79 Å². The van der Waals surface area contributed by atoms with Gasteiger partial charge in [0.2, 0.25) is 0 Å². The Morgan fingerprint density at radius 3 is 2.28 bits per heavy atom. The largest absolute Gasteiger partial charge is 0.358 e. The molecule has 0 saturated carbocycles. The first-order valence-corrected chi connectivity index (χ1v) is 7.99. The van der Waals surface area contributed by atoms with Gasteiger partial charge in [0.05, 0.1) is 13.0 Å². The minimum absolute atomic E-state index is 0.120. The normalized spacial score (nSPS) is 10.8. The number of carbonyl (C=O) groups is 1. The molecule has 4 nitrogen and oxygen atoms in total. The molecule has 0 spiro atoms. The summed E-state index contributed by atoms with van der Waals surface area (Å²) in [6, 6.07) is 8.19. The molecule has 25 heavy (non-hydrogen) atoms. The second-order valence-electron chi connectivity index (χ2n) is 5.30. The monoisotopic (exact) mass is 364 g/mol. The number of ketones is 1. The van der Waals surface area contributed by atoms with Crippen LogP contribution in [0.4, 0.5) is 13.2 Å². The SMILES string of the molecule is O=C(Cc1nc(=O)n(Cc2ccc(F)cc2)s1)c1cc(F)cc(F)c1. The summed E-state index contributed by atoms with van der Waals surface area (Å²) >= 11 is 0.981. The van der Waals surface area contributed by atoms with Gasteiger partial charge >= 0.3 is 5.69 Å². The van der Waals surface area contributed by atoms with Gasteiger partial charge in [0.25, 0.3) is 0 Å². The summed E-state index contributed by atoms with van der Waals surface area (Å²) in [6.07, 6.45) is -0.237. The highest BCUT2D eigenvalue weighted by Crippen LogP contribution is 2.13. The highest BCUT2D eigenvalue weighted by Gasteiger charge is 2.14. The van der Waals surface area contributed by atoms with E-state index in [0.717, 1.165) is 23.7 Å². The predicted octanol–water partition coefficient (Wildman–Crippen LogP) is 3.20. The van der Waals surface area contributed by atoms with Crippen LogP contribution in [0.3, 0.4) is 0 Å². The maximum Gasteiger partial charge on any atom is 0.358 e. The lowest BCUT2D eigenvalue weighted by Crippen LogP contribution is -2.16. The van der Waals surface area contributed by atoms with E-state index in [2.05, 4.69) is 4.98 Å². The quantitative estimate of drug-likeness (QED) is 0.654. The number of benzene rings is 2. The molecule has 0 aliphatic rings. The van der Waals surface area contributed by atoms with E-state index in [1.54, 1.807) is 12.1 Å². The van der Waals surface area contributed by atoms with E-state index in [0.29, 0.717) is 11.6 Å². The fourth-order valence-corrected chi connectivity index (χ4v) is 3.13. The maximum absolute atomic E-state index is 13.2.